The van der Waals surface area contributed by atoms with E-state index in [-0.39, 0.29) is 13.0 Å². The number of halogens is 3. The minimum absolute atomic E-state index is 0.271. The van der Waals surface area contributed by atoms with E-state index in [9.17, 15) is 17.4 Å². The van der Waals surface area contributed by atoms with Crippen LogP contribution in [0.3, 0.4) is 0 Å². The highest BCUT2D eigenvalue weighted by Crippen LogP contribution is 2.31. The lowest BCUT2D eigenvalue weighted by molar-refractivity contribution is -0.149. The van der Waals surface area contributed by atoms with Gasteiger partial charge in [0.2, 0.25) is 0 Å². The molecule has 0 bridgehead atoms. The van der Waals surface area contributed by atoms with E-state index in [0.717, 1.165) is 0 Å². The van der Waals surface area contributed by atoms with Gasteiger partial charge in [-0.1, -0.05) is 0 Å². The van der Waals surface area contributed by atoms with Crippen LogP contribution in [0.4, 0.5) is 13.2 Å². The van der Waals surface area contributed by atoms with Gasteiger partial charge in [0, 0.05) is 6.61 Å². The van der Waals surface area contributed by atoms with Crippen LogP contribution >= 0.6 is 0 Å². The second-order valence-electron chi connectivity index (χ2n) is 2.84. The van der Waals surface area contributed by atoms with Crippen molar-refractivity contribution >= 4 is 11.0 Å². The first-order chi connectivity index (χ1) is 5.93. The van der Waals surface area contributed by atoms with E-state index in [4.69, 9.17) is 9.88 Å². The van der Waals surface area contributed by atoms with Crippen molar-refractivity contribution in [2.75, 3.05) is 6.61 Å². The molecule has 3 unspecified atom stereocenters. The van der Waals surface area contributed by atoms with Gasteiger partial charge in [-0.05, 0) is 12.8 Å². The quantitative estimate of drug-likeness (QED) is 0.741. The predicted octanol–water partition coefficient (Wildman–Crippen LogP) is 0.719. The molecule has 1 fully saturated rings. The zero-order valence-corrected chi connectivity index (χ0v) is 7.53. The molecule has 1 heterocycles. The zero-order chi connectivity index (χ0) is 10.1. The maximum absolute atomic E-state index is 12.3. The number of rotatable bonds is 2. The molecule has 2 N–H and O–H groups in total. The van der Waals surface area contributed by atoms with E-state index in [1.165, 1.54) is 0 Å². The Morgan fingerprint density at radius 1 is 1.54 bits per heavy atom. The summed E-state index contributed by atoms with van der Waals surface area (Å²) in [6, 6.07) is 0. The van der Waals surface area contributed by atoms with Crippen molar-refractivity contribution in [1.29, 1.82) is 0 Å². The Kier molecular flexibility index (Phi) is 3.31. The summed E-state index contributed by atoms with van der Waals surface area (Å²) in [4.78, 5) is 0. The molecule has 78 valence electrons. The van der Waals surface area contributed by atoms with Crippen LogP contribution in [0.15, 0.2) is 0 Å². The van der Waals surface area contributed by atoms with Gasteiger partial charge >= 0.3 is 6.18 Å². The van der Waals surface area contributed by atoms with Crippen LogP contribution < -0.4 is 5.14 Å². The lowest BCUT2D eigenvalue weighted by Crippen LogP contribution is -2.45. The number of hydrogen-bond donors (Lipinski definition) is 1. The van der Waals surface area contributed by atoms with Gasteiger partial charge in [0.05, 0.1) is 6.10 Å². The number of nitrogens with two attached hydrogens (primary N) is 1. The number of ether oxygens (including phenoxy) is 1. The highest BCUT2D eigenvalue weighted by Gasteiger charge is 2.49. The molecule has 13 heavy (non-hydrogen) atoms. The third kappa shape index (κ3) is 2.65. The smallest absolute Gasteiger partial charge is 0.377 e. The summed E-state index contributed by atoms with van der Waals surface area (Å²) in [5, 5.41) is 2.73. The Morgan fingerprint density at radius 3 is 2.46 bits per heavy atom. The molecule has 0 aromatic heterocycles. The molecule has 3 atom stereocenters. The molecule has 0 aliphatic carbocycles. The SMILES string of the molecule is NS(=O)C(C1CCCO1)C(F)(F)F. The normalized spacial score (nSPS) is 28.8. The average molecular weight is 217 g/mol. The molecular weight excluding hydrogens is 207 g/mol. The molecule has 3 nitrogen and oxygen atoms in total. The summed E-state index contributed by atoms with van der Waals surface area (Å²) in [5.74, 6) is 0. The summed E-state index contributed by atoms with van der Waals surface area (Å²) in [5.41, 5.74) is 0. The molecule has 1 saturated heterocycles. The molecule has 0 radical (unpaired) electrons. The van der Waals surface area contributed by atoms with Gasteiger partial charge in [-0.3, -0.25) is 5.14 Å². The van der Waals surface area contributed by atoms with Crippen LogP contribution in [0.25, 0.3) is 0 Å². The molecule has 0 aromatic rings. The second-order valence-corrected chi connectivity index (χ2v) is 4.01. The Balaban J connectivity index is 2.72. The van der Waals surface area contributed by atoms with E-state index in [1.54, 1.807) is 0 Å². The molecule has 1 rings (SSSR count). The van der Waals surface area contributed by atoms with Crippen molar-refractivity contribution < 1.29 is 22.1 Å². The molecule has 0 saturated carbocycles. The van der Waals surface area contributed by atoms with Crippen molar-refractivity contribution in [2.45, 2.75) is 30.4 Å². The van der Waals surface area contributed by atoms with E-state index in [0.29, 0.717) is 6.42 Å². The molecule has 1 aliphatic rings. The summed E-state index contributed by atoms with van der Waals surface area (Å²) >= 11 is 0. The summed E-state index contributed by atoms with van der Waals surface area (Å²) < 4.78 is 52.3. The highest BCUT2D eigenvalue weighted by atomic mass is 32.2. The Bertz CT molecular complexity index is 203. The third-order valence-corrected chi connectivity index (χ3v) is 2.95. The second kappa shape index (κ2) is 3.93. The zero-order valence-electron chi connectivity index (χ0n) is 6.71. The van der Waals surface area contributed by atoms with Crippen LogP contribution in [0.2, 0.25) is 0 Å². The topological polar surface area (TPSA) is 52.3 Å². The fourth-order valence-corrected chi connectivity index (χ4v) is 2.11. The van der Waals surface area contributed by atoms with Gasteiger partial charge in [0.25, 0.3) is 0 Å². The van der Waals surface area contributed by atoms with Crippen molar-refractivity contribution in [3.05, 3.63) is 0 Å². The number of alkyl halides is 3. The van der Waals surface area contributed by atoms with Gasteiger partial charge in [-0.2, -0.15) is 13.2 Å². The molecule has 0 spiro atoms. The third-order valence-electron chi connectivity index (χ3n) is 1.88. The van der Waals surface area contributed by atoms with E-state index in [1.807, 2.05) is 0 Å². The fraction of sp³-hybridized carbons (Fsp3) is 1.00. The van der Waals surface area contributed by atoms with Gasteiger partial charge in [0.1, 0.15) is 11.0 Å². The molecule has 0 amide bonds. The summed E-state index contributed by atoms with van der Waals surface area (Å²) in [7, 11) is -2.41. The van der Waals surface area contributed by atoms with Gasteiger partial charge < -0.3 is 4.74 Å². The van der Waals surface area contributed by atoms with Crippen LogP contribution in [0.5, 0.6) is 0 Å². The molecular formula is C6H10F3NO2S. The van der Waals surface area contributed by atoms with Crippen LogP contribution in [-0.4, -0.2) is 28.3 Å². The lowest BCUT2D eigenvalue weighted by Gasteiger charge is -2.22. The minimum Gasteiger partial charge on any atom is -0.377 e. The maximum atomic E-state index is 12.3. The van der Waals surface area contributed by atoms with E-state index in [2.05, 4.69) is 0 Å². The Labute approximate surface area is 76.0 Å². The molecule has 0 aromatic carbocycles. The first-order valence-electron chi connectivity index (χ1n) is 3.76. The van der Waals surface area contributed by atoms with Gasteiger partial charge in [0.15, 0.2) is 5.25 Å². The summed E-state index contributed by atoms with van der Waals surface area (Å²) in [6.07, 6.45) is -4.75. The Morgan fingerprint density at radius 2 is 2.15 bits per heavy atom. The predicted molar refractivity (Wildman–Crippen MR) is 41.1 cm³/mol. The van der Waals surface area contributed by atoms with Crippen LogP contribution in [0.1, 0.15) is 12.8 Å². The molecule has 7 heteroatoms. The lowest BCUT2D eigenvalue weighted by atomic mass is 10.2. The fourth-order valence-electron chi connectivity index (χ4n) is 1.33. The average Bonchev–Trinajstić information content (AvgIpc) is 2.34. The maximum Gasteiger partial charge on any atom is 0.406 e. The van der Waals surface area contributed by atoms with Crippen molar-refractivity contribution in [2.24, 2.45) is 5.14 Å². The van der Waals surface area contributed by atoms with Crippen molar-refractivity contribution in [3.8, 4) is 0 Å². The Hall–Kier alpha value is -0.140. The monoisotopic (exact) mass is 217 g/mol. The van der Waals surface area contributed by atoms with E-state index >= 15 is 0 Å². The highest BCUT2D eigenvalue weighted by molar-refractivity contribution is 7.83. The summed E-state index contributed by atoms with van der Waals surface area (Å²) in [6.45, 7) is 0.286. The minimum atomic E-state index is -4.55. The van der Waals surface area contributed by atoms with E-state index < -0.39 is 28.5 Å². The van der Waals surface area contributed by atoms with Crippen LogP contribution in [0, 0.1) is 0 Å². The number of hydrogen-bond acceptors (Lipinski definition) is 2. The first kappa shape index (κ1) is 10.9. The van der Waals surface area contributed by atoms with Gasteiger partial charge in [-0.15, -0.1) is 0 Å². The largest absolute Gasteiger partial charge is 0.406 e. The van der Waals surface area contributed by atoms with Gasteiger partial charge in [-0.25, -0.2) is 4.21 Å². The van der Waals surface area contributed by atoms with Crippen LogP contribution in [-0.2, 0) is 15.7 Å². The first-order valence-corrected chi connectivity index (χ1v) is 5.04. The molecule has 1 aliphatic heterocycles. The standard InChI is InChI=1S/C6H10F3NO2S/c7-6(8,9)5(13(10)11)4-2-1-3-12-4/h4-5H,1-3,10H2. The van der Waals surface area contributed by atoms with Crippen molar-refractivity contribution in [3.63, 3.8) is 0 Å². The van der Waals surface area contributed by atoms with Crippen molar-refractivity contribution in [1.82, 2.24) is 0 Å².